The van der Waals surface area contributed by atoms with Gasteiger partial charge in [0.25, 0.3) is 0 Å². The van der Waals surface area contributed by atoms with Crippen LogP contribution in [0.15, 0.2) is 55.0 Å². The van der Waals surface area contributed by atoms with Crippen molar-refractivity contribution in [2.75, 3.05) is 5.32 Å². The molecule has 0 saturated heterocycles. The maximum Gasteiger partial charge on any atom is 0.316 e. The minimum Gasteiger partial charge on any atom is -0.489 e. The fraction of sp³-hybridized carbons (Fsp3) is 0.150. The normalized spacial score (nSPS) is 17.7. The van der Waals surface area contributed by atoms with E-state index in [1.54, 1.807) is 12.3 Å². The molecular formula is C20H20F2N4O3. The van der Waals surface area contributed by atoms with Crippen LogP contribution >= 0.6 is 0 Å². The lowest BCUT2D eigenvalue weighted by atomic mass is 10.1. The van der Waals surface area contributed by atoms with Crippen LogP contribution in [0.4, 0.5) is 19.3 Å². The first-order chi connectivity index (χ1) is 14.0. The molecule has 0 radical (unpaired) electrons. The number of benzene rings is 2. The Morgan fingerprint density at radius 1 is 1.24 bits per heavy atom. The van der Waals surface area contributed by atoms with Crippen LogP contribution in [0.5, 0.6) is 17.4 Å². The number of hydrogen-bond donors (Lipinski definition) is 2. The van der Waals surface area contributed by atoms with E-state index in [4.69, 9.17) is 15.2 Å². The van der Waals surface area contributed by atoms with Crippen LogP contribution in [0.2, 0.25) is 0 Å². The first-order valence-electron chi connectivity index (χ1n) is 8.75. The average molecular weight is 402 g/mol. The van der Waals surface area contributed by atoms with Crippen LogP contribution in [0.25, 0.3) is 0 Å². The minimum absolute atomic E-state index is 0. The van der Waals surface area contributed by atoms with E-state index in [1.165, 1.54) is 11.9 Å². The van der Waals surface area contributed by atoms with E-state index in [-0.39, 0.29) is 8.54 Å². The molecule has 7 nitrogen and oxygen atoms in total. The second-order valence-electron chi connectivity index (χ2n) is 6.46. The Balaban J connectivity index is 0.000000220. The topological polar surface area (TPSA) is 99.4 Å². The Morgan fingerprint density at radius 2 is 2.10 bits per heavy atom. The highest BCUT2D eigenvalue weighted by molar-refractivity contribution is 5.87. The SMILES string of the molecule is NC(=O)Nc1ccc(F)cc1F.[HH].[HH].c1cc(Oc2ccc3c(c2)[C@H]2C[C@H]2O3)ncn1. The van der Waals surface area contributed by atoms with Crippen molar-refractivity contribution >= 4 is 11.7 Å². The van der Waals surface area contributed by atoms with Gasteiger partial charge in [-0.2, -0.15) is 0 Å². The molecule has 2 atom stereocenters. The lowest BCUT2D eigenvalue weighted by molar-refractivity contribution is 0.259. The Bertz CT molecular complexity index is 1060. The van der Waals surface area contributed by atoms with Gasteiger partial charge >= 0.3 is 6.03 Å². The molecule has 1 fully saturated rings. The molecule has 2 amide bonds. The number of primary amides is 1. The van der Waals surface area contributed by atoms with Gasteiger partial charge in [-0.25, -0.2) is 23.5 Å². The molecular weight excluding hydrogens is 382 g/mol. The van der Waals surface area contributed by atoms with Crippen LogP contribution in [-0.4, -0.2) is 22.1 Å². The zero-order valence-corrected chi connectivity index (χ0v) is 15.0. The van der Waals surface area contributed by atoms with E-state index in [2.05, 4.69) is 16.0 Å². The number of halogens is 2. The Morgan fingerprint density at radius 3 is 2.83 bits per heavy atom. The summed E-state index contributed by atoms with van der Waals surface area (Å²) in [4.78, 5) is 18.1. The summed E-state index contributed by atoms with van der Waals surface area (Å²) in [5.41, 5.74) is 5.85. The number of ether oxygens (including phenoxy) is 2. The van der Waals surface area contributed by atoms with Crippen molar-refractivity contribution in [2.24, 2.45) is 5.73 Å². The standard InChI is InChI=1S/C13H10N2O2.C7H6F2N2O.2H2/c1-2-11-9(10-6-12(10)17-11)5-8(1)16-13-3-4-14-7-15-13;8-4-1-2-6(5(9)3-4)11-7(10)12;;/h1-5,7,10,12H,6H2;1-3H,(H3,10,11,12);2*1H/t10-,12-;;;/m1.../s1. The monoisotopic (exact) mass is 402 g/mol. The number of hydrogen-bond acceptors (Lipinski definition) is 5. The molecule has 0 unspecified atom stereocenters. The molecule has 1 saturated carbocycles. The van der Waals surface area contributed by atoms with Gasteiger partial charge in [0.05, 0.1) is 5.69 Å². The molecule has 2 aliphatic rings. The summed E-state index contributed by atoms with van der Waals surface area (Å²) in [6.45, 7) is 0. The summed E-state index contributed by atoms with van der Waals surface area (Å²) < 4.78 is 36.4. The number of carbonyl (C=O) groups excluding carboxylic acids is 1. The lowest BCUT2D eigenvalue weighted by Gasteiger charge is -2.07. The lowest BCUT2D eigenvalue weighted by Crippen LogP contribution is -2.20. The third kappa shape index (κ3) is 4.40. The summed E-state index contributed by atoms with van der Waals surface area (Å²) in [6, 6.07) is 9.55. The molecule has 29 heavy (non-hydrogen) atoms. The molecule has 3 aromatic rings. The van der Waals surface area contributed by atoms with E-state index in [9.17, 15) is 13.6 Å². The number of nitrogens with zero attached hydrogens (tertiary/aromatic N) is 2. The van der Waals surface area contributed by atoms with E-state index in [0.717, 1.165) is 30.1 Å². The fourth-order valence-corrected chi connectivity index (χ4v) is 2.96. The number of rotatable bonds is 3. The Hall–Kier alpha value is -3.75. The van der Waals surface area contributed by atoms with Gasteiger partial charge in [0.1, 0.15) is 35.6 Å². The molecule has 1 aliphatic carbocycles. The average Bonchev–Trinajstić information content (AvgIpc) is 3.38. The Labute approximate surface area is 167 Å². The third-order valence-corrected chi connectivity index (χ3v) is 4.36. The highest BCUT2D eigenvalue weighted by atomic mass is 19.1. The number of nitrogens with one attached hydrogen (secondary N) is 1. The van der Waals surface area contributed by atoms with Crippen LogP contribution in [0, 0.1) is 11.6 Å². The van der Waals surface area contributed by atoms with Gasteiger partial charge in [-0.15, -0.1) is 0 Å². The zero-order chi connectivity index (χ0) is 20.4. The summed E-state index contributed by atoms with van der Waals surface area (Å²) in [6.07, 6.45) is 4.70. The van der Waals surface area contributed by atoms with Gasteiger partial charge in [0.15, 0.2) is 0 Å². The maximum atomic E-state index is 12.7. The van der Waals surface area contributed by atoms with Gasteiger partial charge in [-0.1, -0.05) is 0 Å². The second-order valence-corrected chi connectivity index (χ2v) is 6.46. The molecule has 3 N–H and O–H groups in total. The summed E-state index contributed by atoms with van der Waals surface area (Å²) in [7, 11) is 0. The van der Waals surface area contributed by atoms with Crippen molar-refractivity contribution in [2.45, 2.75) is 18.4 Å². The first-order valence-corrected chi connectivity index (χ1v) is 8.75. The zero-order valence-electron chi connectivity index (χ0n) is 15.0. The highest BCUT2D eigenvalue weighted by Gasteiger charge is 2.48. The third-order valence-electron chi connectivity index (χ3n) is 4.36. The largest absolute Gasteiger partial charge is 0.489 e. The van der Waals surface area contributed by atoms with Gasteiger partial charge < -0.3 is 20.5 Å². The maximum absolute atomic E-state index is 12.7. The van der Waals surface area contributed by atoms with E-state index in [1.807, 2.05) is 17.4 Å². The van der Waals surface area contributed by atoms with Crippen LogP contribution in [-0.2, 0) is 0 Å². The van der Waals surface area contributed by atoms with E-state index in [0.29, 0.717) is 24.0 Å². The predicted octanol–water partition coefficient (Wildman–Crippen LogP) is 4.46. The highest BCUT2D eigenvalue weighted by Crippen LogP contribution is 2.54. The number of aromatic nitrogens is 2. The van der Waals surface area contributed by atoms with E-state index < -0.39 is 17.7 Å². The fourth-order valence-electron chi connectivity index (χ4n) is 2.96. The van der Waals surface area contributed by atoms with Gasteiger partial charge in [0.2, 0.25) is 5.88 Å². The van der Waals surface area contributed by atoms with Crippen molar-refractivity contribution in [3.05, 3.63) is 72.2 Å². The summed E-state index contributed by atoms with van der Waals surface area (Å²) in [5.74, 6) is 1.39. The summed E-state index contributed by atoms with van der Waals surface area (Å²) >= 11 is 0. The quantitative estimate of drug-likeness (QED) is 0.674. The molecule has 2 heterocycles. The first kappa shape index (κ1) is 18.6. The molecule has 1 aromatic heterocycles. The number of carbonyl (C=O) groups is 1. The number of fused-ring (bicyclic) bond motifs is 3. The van der Waals surface area contributed by atoms with Crippen molar-refractivity contribution in [1.29, 1.82) is 0 Å². The predicted molar refractivity (Wildman–Crippen MR) is 104 cm³/mol. The van der Waals surface area contributed by atoms with Crippen molar-refractivity contribution in [3.8, 4) is 17.4 Å². The molecule has 0 spiro atoms. The molecule has 5 rings (SSSR count). The number of urea groups is 1. The van der Waals surface area contributed by atoms with E-state index >= 15 is 0 Å². The van der Waals surface area contributed by atoms with Gasteiger partial charge in [0, 0.05) is 32.7 Å². The molecule has 152 valence electrons. The van der Waals surface area contributed by atoms with Crippen molar-refractivity contribution in [1.82, 2.24) is 9.97 Å². The minimum atomic E-state index is -0.888. The summed E-state index contributed by atoms with van der Waals surface area (Å²) in [5, 5.41) is 2.00. The van der Waals surface area contributed by atoms with Crippen molar-refractivity contribution in [3.63, 3.8) is 0 Å². The number of nitrogens with two attached hydrogens (primary N) is 1. The van der Waals surface area contributed by atoms with Crippen LogP contribution < -0.4 is 20.5 Å². The smallest absolute Gasteiger partial charge is 0.316 e. The molecule has 1 aliphatic heterocycles. The van der Waals surface area contributed by atoms with Crippen LogP contribution in [0.3, 0.4) is 0 Å². The molecule has 0 bridgehead atoms. The van der Waals surface area contributed by atoms with Crippen molar-refractivity contribution < 1.29 is 25.9 Å². The number of amides is 2. The molecule has 9 heteroatoms. The molecule has 2 aromatic carbocycles. The van der Waals surface area contributed by atoms with Gasteiger partial charge in [-0.3, -0.25) is 0 Å². The Kier molecular flexibility index (Phi) is 4.94. The van der Waals surface area contributed by atoms with Gasteiger partial charge in [-0.05, 0) is 36.8 Å². The second kappa shape index (κ2) is 7.70. The van der Waals surface area contributed by atoms with Crippen LogP contribution in [0.1, 0.15) is 20.8 Å². The number of anilines is 1.